The van der Waals surface area contributed by atoms with E-state index in [1.54, 1.807) is 0 Å². The van der Waals surface area contributed by atoms with Crippen molar-refractivity contribution >= 4 is 17.3 Å². The van der Waals surface area contributed by atoms with Gasteiger partial charge in [-0.2, -0.15) is 0 Å². The van der Waals surface area contributed by atoms with E-state index in [9.17, 15) is 4.79 Å². The Balaban J connectivity index is 2.09. The summed E-state index contributed by atoms with van der Waals surface area (Å²) in [5.41, 5.74) is 3.55. The van der Waals surface area contributed by atoms with Crippen LogP contribution in [0.3, 0.4) is 0 Å². The second kappa shape index (κ2) is 5.42. The number of nitrogens with one attached hydrogen (secondary N) is 1. The molecule has 1 N–H and O–H groups in total. The molecule has 2 rings (SSSR count). The first-order valence-corrected chi connectivity index (χ1v) is 6.80. The van der Waals surface area contributed by atoms with Crippen LogP contribution in [0.5, 0.6) is 0 Å². The van der Waals surface area contributed by atoms with Crippen molar-refractivity contribution in [1.82, 2.24) is 0 Å². The highest BCUT2D eigenvalue weighted by Crippen LogP contribution is 2.29. The number of benzene rings is 1. The summed E-state index contributed by atoms with van der Waals surface area (Å²) in [4.78, 5) is 14.3. The minimum Gasteiger partial charge on any atom is -0.374 e. The van der Waals surface area contributed by atoms with Gasteiger partial charge in [-0.05, 0) is 43.0 Å². The minimum atomic E-state index is 0.126. The van der Waals surface area contributed by atoms with Crippen LogP contribution in [0.4, 0.5) is 11.4 Å². The molecule has 0 aromatic heterocycles. The average molecular weight is 246 g/mol. The highest BCUT2D eigenvalue weighted by molar-refractivity contribution is 5.92. The Bertz CT molecular complexity index is 438. The van der Waals surface area contributed by atoms with Crippen LogP contribution in [0, 0.1) is 5.92 Å². The Morgan fingerprint density at radius 1 is 1.39 bits per heavy atom. The van der Waals surface area contributed by atoms with Gasteiger partial charge in [-0.1, -0.05) is 13.8 Å². The smallest absolute Gasteiger partial charge is 0.227 e. The lowest BCUT2D eigenvalue weighted by molar-refractivity contribution is -0.120. The van der Waals surface area contributed by atoms with Crippen LogP contribution in [0.1, 0.15) is 32.3 Å². The summed E-state index contributed by atoms with van der Waals surface area (Å²) in [5, 5.41) is 3.03. The molecule has 0 radical (unpaired) electrons. The van der Waals surface area contributed by atoms with Gasteiger partial charge in [0.1, 0.15) is 0 Å². The van der Waals surface area contributed by atoms with Crippen LogP contribution in [0.25, 0.3) is 0 Å². The molecule has 3 nitrogen and oxygen atoms in total. The van der Waals surface area contributed by atoms with Gasteiger partial charge in [-0.3, -0.25) is 4.79 Å². The molecule has 1 aromatic carbocycles. The van der Waals surface area contributed by atoms with Gasteiger partial charge in [-0.15, -0.1) is 0 Å². The molecule has 0 spiro atoms. The lowest BCUT2D eigenvalue weighted by Crippen LogP contribution is -2.21. The van der Waals surface area contributed by atoms with Crippen molar-refractivity contribution < 1.29 is 4.79 Å². The third-order valence-corrected chi connectivity index (χ3v) is 3.83. The number of rotatable bonds is 4. The number of nitrogens with zero attached hydrogens (tertiary/aromatic N) is 1. The summed E-state index contributed by atoms with van der Waals surface area (Å²) in [6, 6.07) is 6.21. The normalized spacial score (nSPS) is 13.9. The standard InChI is InChI=1S/C15H22N2O/c1-4-11(5-2)15(18)16-13-6-7-14-12(10-13)8-9-17(14)3/h6-7,10-11H,4-5,8-9H2,1-3H3,(H,16,18). The topological polar surface area (TPSA) is 32.3 Å². The zero-order valence-electron chi connectivity index (χ0n) is 11.5. The van der Waals surface area contributed by atoms with Crippen LogP contribution in [-0.4, -0.2) is 19.5 Å². The third kappa shape index (κ3) is 2.50. The number of carbonyl (C=O) groups excluding carboxylic acids is 1. The fourth-order valence-corrected chi connectivity index (χ4v) is 2.55. The molecule has 3 heteroatoms. The van der Waals surface area contributed by atoms with Gasteiger partial charge in [0, 0.05) is 30.9 Å². The Morgan fingerprint density at radius 2 is 2.11 bits per heavy atom. The van der Waals surface area contributed by atoms with E-state index in [-0.39, 0.29) is 11.8 Å². The van der Waals surface area contributed by atoms with E-state index in [4.69, 9.17) is 0 Å². The molecule has 1 aliphatic rings. The van der Waals surface area contributed by atoms with Crippen LogP contribution < -0.4 is 10.2 Å². The summed E-state index contributed by atoms with van der Waals surface area (Å²) >= 11 is 0. The monoisotopic (exact) mass is 246 g/mol. The zero-order chi connectivity index (χ0) is 13.1. The molecular formula is C15H22N2O. The highest BCUT2D eigenvalue weighted by Gasteiger charge is 2.18. The van der Waals surface area contributed by atoms with Gasteiger partial charge >= 0.3 is 0 Å². The molecule has 0 saturated carbocycles. The summed E-state index contributed by atoms with van der Waals surface area (Å²) in [7, 11) is 2.11. The van der Waals surface area contributed by atoms with E-state index in [1.807, 2.05) is 6.07 Å². The maximum atomic E-state index is 12.0. The number of amides is 1. The van der Waals surface area contributed by atoms with E-state index >= 15 is 0 Å². The van der Waals surface area contributed by atoms with Gasteiger partial charge in [0.25, 0.3) is 0 Å². The number of carbonyl (C=O) groups is 1. The van der Waals surface area contributed by atoms with Crippen molar-refractivity contribution in [2.45, 2.75) is 33.1 Å². The van der Waals surface area contributed by atoms with E-state index in [2.05, 4.69) is 43.2 Å². The van der Waals surface area contributed by atoms with Gasteiger partial charge in [0.15, 0.2) is 0 Å². The Morgan fingerprint density at radius 3 is 2.78 bits per heavy atom. The van der Waals surface area contributed by atoms with Crippen LogP contribution in [0.15, 0.2) is 18.2 Å². The fraction of sp³-hybridized carbons (Fsp3) is 0.533. The minimum absolute atomic E-state index is 0.126. The molecule has 1 amide bonds. The largest absolute Gasteiger partial charge is 0.374 e. The molecule has 0 unspecified atom stereocenters. The lowest BCUT2D eigenvalue weighted by Gasteiger charge is -2.15. The van der Waals surface area contributed by atoms with Crippen molar-refractivity contribution in [1.29, 1.82) is 0 Å². The van der Waals surface area contributed by atoms with Gasteiger partial charge in [0.05, 0.1) is 0 Å². The molecule has 1 aliphatic heterocycles. The molecule has 0 saturated heterocycles. The molecular weight excluding hydrogens is 224 g/mol. The first-order valence-electron chi connectivity index (χ1n) is 6.80. The second-order valence-electron chi connectivity index (χ2n) is 5.02. The molecule has 0 bridgehead atoms. The number of hydrogen-bond acceptors (Lipinski definition) is 2. The van der Waals surface area contributed by atoms with E-state index in [1.165, 1.54) is 11.3 Å². The molecule has 0 aliphatic carbocycles. The van der Waals surface area contributed by atoms with Crippen LogP contribution in [0.2, 0.25) is 0 Å². The molecule has 98 valence electrons. The first kappa shape index (κ1) is 12.9. The Kier molecular flexibility index (Phi) is 3.90. The van der Waals surface area contributed by atoms with Crippen LogP contribution in [-0.2, 0) is 11.2 Å². The van der Waals surface area contributed by atoms with Crippen LogP contribution >= 0.6 is 0 Å². The summed E-state index contributed by atoms with van der Waals surface area (Å²) in [5.74, 6) is 0.271. The average Bonchev–Trinajstić information content (AvgIpc) is 2.72. The van der Waals surface area contributed by atoms with Gasteiger partial charge in [-0.25, -0.2) is 0 Å². The van der Waals surface area contributed by atoms with E-state index < -0.39 is 0 Å². The molecule has 0 fully saturated rings. The maximum absolute atomic E-state index is 12.0. The Labute approximate surface area is 109 Å². The molecule has 1 aromatic rings. The molecule has 18 heavy (non-hydrogen) atoms. The van der Waals surface area contributed by atoms with Crippen molar-refractivity contribution in [3.8, 4) is 0 Å². The number of fused-ring (bicyclic) bond motifs is 1. The number of hydrogen-bond donors (Lipinski definition) is 1. The predicted molar refractivity (Wildman–Crippen MR) is 76.1 cm³/mol. The van der Waals surface area contributed by atoms with Gasteiger partial charge < -0.3 is 10.2 Å². The number of anilines is 2. The first-order chi connectivity index (χ1) is 8.65. The molecule has 0 atom stereocenters. The highest BCUT2D eigenvalue weighted by atomic mass is 16.1. The lowest BCUT2D eigenvalue weighted by atomic mass is 10.0. The SMILES string of the molecule is CCC(CC)C(=O)Nc1ccc2c(c1)CCN2C. The maximum Gasteiger partial charge on any atom is 0.227 e. The summed E-state index contributed by atoms with van der Waals surface area (Å²) in [6.45, 7) is 5.19. The van der Waals surface area contributed by atoms with Crippen molar-refractivity contribution in [2.75, 3.05) is 23.8 Å². The third-order valence-electron chi connectivity index (χ3n) is 3.83. The fourth-order valence-electron chi connectivity index (χ4n) is 2.55. The predicted octanol–water partition coefficient (Wildman–Crippen LogP) is 3.05. The van der Waals surface area contributed by atoms with E-state index in [0.29, 0.717) is 0 Å². The van der Waals surface area contributed by atoms with E-state index in [0.717, 1.165) is 31.5 Å². The van der Waals surface area contributed by atoms with Crippen molar-refractivity contribution in [3.63, 3.8) is 0 Å². The van der Waals surface area contributed by atoms with Crippen molar-refractivity contribution in [2.24, 2.45) is 5.92 Å². The Hall–Kier alpha value is -1.51. The van der Waals surface area contributed by atoms with Crippen molar-refractivity contribution in [3.05, 3.63) is 23.8 Å². The quantitative estimate of drug-likeness (QED) is 0.885. The zero-order valence-corrected chi connectivity index (χ0v) is 11.5. The summed E-state index contributed by atoms with van der Waals surface area (Å²) < 4.78 is 0. The van der Waals surface area contributed by atoms with Gasteiger partial charge in [0.2, 0.25) is 5.91 Å². The second-order valence-corrected chi connectivity index (χ2v) is 5.02. The molecule has 1 heterocycles. The number of likely N-dealkylation sites (N-methyl/N-ethyl adjacent to an activating group) is 1. The summed E-state index contributed by atoms with van der Waals surface area (Å²) in [6.07, 6.45) is 2.87.